The van der Waals surface area contributed by atoms with Crippen molar-refractivity contribution in [2.45, 2.75) is 24.3 Å². The van der Waals surface area contributed by atoms with Crippen LogP contribution in [-0.4, -0.2) is 50.5 Å². The maximum absolute atomic E-state index is 12.8. The van der Waals surface area contributed by atoms with Gasteiger partial charge in [-0.15, -0.1) is 0 Å². The third-order valence-electron chi connectivity index (χ3n) is 5.72. The Bertz CT molecular complexity index is 1240. The van der Waals surface area contributed by atoms with E-state index in [9.17, 15) is 8.42 Å². The lowest BCUT2D eigenvalue weighted by molar-refractivity contribution is 0.254. The van der Waals surface area contributed by atoms with E-state index >= 15 is 0 Å². The summed E-state index contributed by atoms with van der Waals surface area (Å²) in [6, 6.07) is 9.38. The predicted octanol–water partition coefficient (Wildman–Crippen LogP) is 2.92. The minimum absolute atomic E-state index is 0.263. The Balaban J connectivity index is 1.27. The van der Waals surface area contributed by atoms with Gasteiger partial charge in [-0.3, -0.25) is 10.1 Å². The average molecular weight is 423 g/mol. The molecular formula is C21H22N6O2S. The van der Waals surface area contributed by atoms with Gasteiger partial charge in [0.15, 0.2) is 0 Å². The molecule has 0 spiro atoms. The Morgan fingerprint density at radius 1 is 1.10 bits per heavy atom. The van der Waals surface area contributed by atoms with Gasteiger partial charge in [-0.05, 0) is 49.1 Å². The number of nitrogens with one attached hydrogen (secondary N) is 1. The lowest BCUT2D eigenvalue weighted by atomic mass is 9.98. The van der Waals surface area contributed by atoms with Gasteiger partial charge in [0.2, 0.25) is 10.0 Å². The van der Waals surface area contributed by atoms with Gasteiger partial charge in [0.25, 0.3) is 0 Å². The number of pyridine rings is 2. The number of aromatic amines is 1. The molecule has 1 aliphatic rings. The summed E-state index contributed by atoms with van der Waals surface area (Å²) in [4.78, 5) is 8.94. The van der Waals surface area contributed by atoms with Crippen molar-refractivity contribution in [3.63, 3.8) is 0 Å². The molecule has 1 aliphatic heterocycles. The number of hydrogen-bond donors (Lipinski definition) is 1. The number of aromatic nitrogens is 5. The molecule has 0 amide bonds. The molecule has 0 aliphatic carbocycles. The molecule has 30 heavy (non-hydrogen) atoms. The molecule has 0 radical (unpaired) electrons. The van der Waals surface area contributed by atoms with Gasteiger partial charge in [0.05, 0.1) is 22.9 Å². The summed E-state index contributed by atoms with van der Waals surface area (Å²) < 4.78 is 29.4. The van der Waals surface area contributed by atoms with Crippen molar-refractivity contribution >= 4 is 21.1 Å². The van der Waals surface area contributed by atoms with Gasteiger partial charge in [0.1, 0.15) is 4.90 Å². The second kappa shape index (κ2) is 7.66. The average Bonchev–Trinajstić information content (AvgIpc) is 3.45. The molecule has 0 bridgehead atoms. The number of fused-ring (bicyclic) bond motifs is 1. The highest BCUT2D eigenvalue weighted by atomic mass is 32.2. The van der Waals surface area contributed by atoms with E-state index in [0.29, 0.717) is 19.0 Å². The van der Waals surface area contributed by atoms with Crippen LogP contribution in [0.15, 0.2) is 66.2 Å². The van der Waals surface area contributed by atoms with Gasteiger partial charge in [-0.2, -0.15) is 9.40 Å². The van der Waals surface area contributed by atoms with Gasteiger partial charge in [0, 0.05) is 50.0 Å². The number of rotatable bonds is 5. The van der Waals surface area contributed by atoms with Gasteiger partial charge >= 0.3 is 0 Å². The number of piperidine rings is 1. The molecule has 5 rings (SSSR count). The fourth-order valence-corrected chi connectivity index (χ4v) is 5.48. The summed E-state index contributed by atoms with van der Waals surface area (Å²) in [5.41, 5.74) is 3.90. The monoisotopic (exact) mass is 422 g/mol. The fourth-order valence-electron chi connectivity index (χ4n) is 4.04. The third-order valence-corrected chi connectivity index (χ3v) is 7.60. The third kappa shape index (κ3) is 3.50. The van der Waals surface area contributed by atoms with Crippen molar-refractivity contribution in [2.75, 3.05) is 13.1 Å². The smallest absolute Gasteiger partial charge is 0.244 e. The topological polar surface area (TPSA) is 96.8 Å². The van der Waals surface area contributed by atoms with Crippen LogP contribution < -0.4 is 0 Å². The molecule has 1 fully saturated rings. The summed E-state index contributed by atoms with van der Waals surface area (Å²) in [6.07, 6.45) is 10.3. The molecule has 1 saturated heterocycles. The first-order valence-corrected chi connectivity index (χ1v) is 11.4. The number of sulfonamides is 1. The zero-order valence-electron chi connectivity index (χ0n) is 16.3. The van der Waals surface area contributed by atoms with Crippen LogP contribution in [0, 0.1) is 5.92 Å². The second-order valence-corrected chi connectivity index (χ2v) is 9.53. The lowest BCUT2D eigenvalue weighted by Gasteiger charge is -2.31. The molecule has 8 nitrogen and oxygen atoms in total. The largest absolute Gasteiger partial charge is 0.346 e. The maximum atomic E-state index is 12.8. The van der Waals surface area contributed by atoms with Crippen LogP contribution in [0.3, 0.4) is 0 Å². The van der Waals surface area contributed by atoms with Crippen LogP contribution >= 0.6 is 0 Å². The van der Waals surface area contributed by atoms with E-state index in [1.807, 2.05) is 18.3 Å². The zero-order chi connectivity index (χ0) is 20.6. The summed E-state index contributed by atoms with van der Waals surface area (Å²) in [5.74, 6) is 0.425. The van der Waals surface area contributed by atoms with E-state index in [1.54, 1.807) is 28.8 Å². The van der Waals surface area contributed by atoms with Crippen LogP contribution in [0.2, 0.25) is 0 Å². The molecule has 5 heterocycles. The first kappa shape index (κ1) is 19.0. The zero-order valence-corrected chi connectivity index (χ0v) is 17.2. The van der Waals surface area contributed by atoms with E-state index in [2.05, 4.69) is 32.0 Å². The minimum Gasteiger partial charge on any atom is -0.346 e. The highest BCUT2D eigenvalue weighted by Crippen LogP contribution is 2.27. The maximum Gasteiger partial charge on any atom is 0.244 e. The van der Waals surface area contributed by atoms with Crippen molar-refractivity contribution in [3.05, 3.63) is 61.3 Å². The molecule has 0 aromatic carbocycles. The quantitative estimate of drug-likeness (QED) is 0.533. The predicted molar refractivity (Wildman–Crippen MR) is 113 cm³/mol. The van der Waals surface area contributed by atoms with E-state index in [0.717, 1.165) is 41.7 Å². The van der Waals surface area contributed by atoms with Gasteiger partial charge in [-0.1, -0.05) is 0 Å². The molecule has 1 N–H and O–H groups in total. The Labute approximate surface area is 174 Å². The van der Waals surface area contributed by atoms with Gasteiger partial charge in [-0.25, -0.2) is 13.4 Å². The van der Waals surface area contributed by atoms with Crippen LogP contribution in [0.4, 0.5) is 0 Å². The van der Waals surface area contributed by atoms with E-state index in [1.165, 1.54) is 6.20 Å². The number of H-pyrrole nitrogens is 1. The molecule has 4 aromatic heterocycles. The summed E-state index contributed by atoms with van der Waals surface area (Å²) in [7, 11) is -3.46. The van der Waals surface area contributed by atoms with Crippen molar-refractivity contribution < 1.29 is 8.42 Å². The van der Waals surface area contributed by atoms with Crippen molar-refractivity contribution in [2.24, 2.45) is 5.92 Å². The van der Waals surface area contributed by atoms with Crippen LogP contribution in [0.25, 0.3) is 22.3 Å². The van der Waals surface area contributed by atoms with Crippen molar-refractivity contribution in [1.29, 1.82) is 0 Å². The molecule has 0 unspecified atom stereocenters. The summed E-state index contributed by atoms with van der Waals surface area (Å²) in [5, 5.41) is 6.80. The number of nitrogens with zero attached hydrogens (tertiary/aromatic N) is 5. The fraction of sp³-hybridized carbons (Fsp3) is 0.286. The number of hydrogen-bond acceptors (Lipinski definition) is 5. The van der Waals surface area contributed by atoms with E-state index in [-0.39, 0.29) is 4.90 Å². The summed E-state index contributed by atoms with van der Waals surface area (Å²) >= 11 is 0. The Morgan fingerprint density at radius 2 is 1.97 bits per heavy atom. The normalized spacial score (nSPS) is 16.3. The molecular weight excluding hydrogens is 400 g/mol. The van der Waals surface area contributed by atoms with Crippen molar-refractivity contribution in [1.82, 2.24) is 29.0 Å². The highest BCUT2D eigenvalue weighted by molar-refractivity contribution is 7.89. The summed E-state index contributed by atoms with van der Waals surface area (Å²) in [6.45, 7) is 1.92. The Kier molecular flexibility index (Phi) is 4.84. The molecule has 9 heteroatoms. The van der Waals surface area contributed by atoms with Crippen LogP contribution in [-0.2, 0) is 16.6 Å². The minimum atomic E-state index is -3.46. The molecule has 154 valence electrons. The standard InChI is InChI=1S/C21H22N6O2S/c28-30(29,18-2-1-8-22-14-18)27-10-5-16(6-11-27)15-26-9-7-20-21(26)4-3-19(25-20)17-12-23-24-13-17/h1-4,7-9,12-14,16H,5-6,10-11,15H2,(H,23,24). The lowest BCUT2D eigenvalue weighted by Crippen LogP contribution is -2.39. The Hall–Kier alpha value is -3.04. The van der Waals surface area contributed by atoms with Crippen molar-refractivity contribution in [3.8, 4) is 11.3 Å². The molecule has 0 atom stereocenters. The SMILES string of the molecule is O=S(=O)(c1cccnc1)N1CCC(Cn2ccc3nc(-c4cn[nH]c4)ccc32)CC1. The first-order valence-electron chi connectivity index (χ1n) is 9.96. The van der Waals surface area contributed by atoms with Crippen LogP contribution in [0.1, 0.15) is 12.8 Å². The van der Waals surface area contributed by atoms with Crippen LogP contribution in [0.5, 0.6) is 0 Å². The van der Waals surface area contributed by atoms with Gasteiger partial charge < -0.3 is 4.57 Å². The first-order chi connectivity index (χ1) is 14.6. The molecule has 0 saturated carbocycles. The van der Waals surface area contributed by atoms with E-state index in [4.69, 9.17) is 4.98 Å². The Morgan fingerprint density at radius 3 is 2.70 bits per heavy atom. The molecule has 4 aromatic rings. The van der Waals surface area contributed by atoms with E-state index < -0.39 is 10.0 Å². The second-order valence-electron chi connectivity index (χ2n) is 7.59. The highest BCUT2D eigenvalue weighted by Gasteiger charge is 2.29.